The first-order valence-electron chi connectivity index (χ1n) is 7.35. The molecule has 0 radical (unpaired) electrons. The molecule has 0 spiro atoms. The fraction of sp³-hybridized carbons (Fsp3) is 0.857. The molecule has 0 saturated carbocycles. The molecule has 2 rings (SSSR count). The number of ether oxygens (including phenoxy) is 1. The zero-order valence-corrected chi connectivity index (χ0v) is 12.6. The Balaban J connectivity index is 1.88. The molecule has 20 heavy (non-hydrogen) atoms. The summed E-state index contributed by atoms with van der Waals surface area (Å²) in [5.74, 6) is 0.0361. The number of hydrogen-bond acceptors (Lipinski definition) is 4. The van der Waals surface area contributed by atoms with Crippen LogP contribution in [0, 0.1) is 0 Å². The lowest BCUT2D eigenvalue weighted by molar-refractivity contribution is -0.139. The summed E-state index contributed by atoms with van der Waals surface area (Å²) in [7, 11) is 0. The van der Waals surface area contributed by atoms with E-state index in [1.807, 2.05) is 25.7 Å². The highest BCUT2D eigenvalue weighted by molar-refractivity contribution is 5.83. The van der Waals surface area contributed by atoms with Crippen molar-refractivity contribution in [1.29, 1.82) is 0 Å². The molecule has 0 aromatic heterocycles. The molecule has 2 fully saturated rings. The largest absolute Gasteiger partial charge is 0.444 e. The number of rotatable bonds is 1. The van der Waals surface area contributed by atoms with E-state index in [4.69, 9.17) is 4.74 Å². The van der Waals surface area contributed by atoms with E-state index in [-0.39, 0.29) is 12.5 Å². The predicted molar refractivity (Wildman–Crippen MR) is 75.4 cm³/mol. The Morgan fingerprint density at radius 3 is 2.45 bits per heavy atom. The SMILES string of the molecule is CC(C)(C)OC(=O)N1CCN(C2CCNCC2)C(=O)C1. The fourth-order valence-corrected chi connectivity index (χ4v) is 2.67. The second-order valence-electron chi connectivity index (χ2n) is 6.47. The zero-order valence-electron chi connectivity index (χ0n) is 12.6. The lowest BCUT2D eigenvalue weighted by atomic mass is 10.0. The summed E-state index contributed by atoms with van der Waals surface area (Å²) in [6.45, 7) is 8.73. The van der Waals surface area contributed by atoms with Crippen LogP contribution in [0.3, 0.4) is 0 Å². The second-order valence-corrected chi connectivity index (χ2v) is 6.47. The van der Waals surface area contributed by atoms with Gasteiger partial charge in [-0.3, -0.25) is 9.69 Å². The number of nitrogens with one attached hydrogen (secondary N) is 1. The molecular weight excluding hydrogens is 258 g/mol. The second kappa shape index (κ2) is 5.99. The van der Waals surface area contributed by atoms with E-state index >= 15 is 0 Å². The number of piperidine rings is 1. The van der Waals surface area contributed by atoms with Crippen molar-refractivity contribution in [1.82, 2.24) is 15.1 Å². The standard InChI is InChI=1S/C14H25N3O3/c1-14(2,3)20-13(19)16-8-9-17(12(18)10-16)11-4-6-15-7-5-11/h11,15H,4-10H2,1-3H3. The van der Waals surface area contributed by atoms with Gasteiger partial charge in [0.2, 0.25) is 5.91 Å². The third-order valence-electron chi connectivity index (χ3n) is 3.66. The maximum Gasteiger partial charge on any atom is 0.410 e. The van der Waals surface area contributed by atoms with Crippen LogP contribution in [0.2, 0.25) is 0 Å². The highest BCUT2D eigenvalue weighted by Crippen LogP contribution is 2.17. The molecule has 0 aliphatic carbocycles. The molecule has 2 heterocycles. The summed E-state index contributed by atoms with van der Waals surface area (Å²) in [5.41, 5.74) is -0.522. The number of amides is 2. The first kappa shape index (κ1) is 15.1. The minimum atomic E-state index is -0.522. The topological polar surface area (TPSA) is 61.9 Å². The van der Waals surface area contributed by atoms with E-state index in [2.05, 4.69) is 5.32 Å². The number of carbonyl (C=O) groups excluding carboxylic acids is 2. The highest BCUT2D eigenvalue weighted by Gasteiger charge is 2.33. The van der Waals surface area contributed by atoms with Gasteiger partial charge in [-0.05, 0) is 46.7 Å². The Kier molecular flexibility index (Phi) is 4.52. The summed E-state index contributed by atoms with van der Waals surface area (Å²) in [6, 6.07) is 0.324. The third kappa shape index (κ3) is 3.85. The lowest BCUT2D eigenvalue weighted by Crippen LogP contribution is -2.57. The van der Waals surface area contributed by atoms with Crippen molar-refractivity contribution in [2.75, 3.05) is 32.7 Å². The molecule has 2 aliphatic heterocycles. The highest BCUT2D eigenvalue weighted by atomic mass is 16.6. The van der Waals surface area contributed by atoms with Crippen molar-refractivity contribution in [3.63, 3.8) is 0 Å². The van der Waals surface area contributed by atoms with Crippen LogP contribution >= 0.6 is 0 Å². The van der Waals surface area contributed by atoms with Gasteiger partial charge in [-0.15, -0.1) is 0 Å². The van der Waals surface area contributed by atoms with Gasteiger partial charge in [0.25, 0.3) is 0 Å². The van der Waals surface area contributed by atoms with Crippen molar-refractivity contribution in [2.24, 2.45) is 0 Å². The molecular formula is C14H25N3O3. The fourth-order valence-electron chi connectivity index (χ4n) is 2.67. The van der Waals surface area contributed by atoms with Gasteiger partial charge in [-0.2, -0.15) is 0 Å². The van der Waals surface area contributed by atoms with E-state index in [0.29, 0.717) is 19.1 Å². The summed E-state index contributed by atoms with van der Waals surface area (Å²) in [6.07, 6.45) is 1.60. The van der Waals surface area contributed by atoms with Gasteiger partial charge >= 0.3 is 6.09 Å². The summed E-state index contributed by atoms with van der Waals surface area (Å²) in [4.78, 5) is 27.6. The molecule has 2 amide bonds. The first-order chi connectivity index (χ1) is 9.37. The van der Waals surface area contributed by atoms with Crippen LogP contribution in [0.25, 0.3) is 0 Å². The molecule has 2 saturated heterocycles. The Morgan fingerprint density at radius 1 is 1.25 bits per heavy atom. The number of piperazine rings is 1. The quantitative estimate of drug-likeness (QED) is 0.774. The van der Waals surface area contributed by atoms with Gasteiger partial charge in [0, 0.05) is 19.1 Å². The molecule has 0 aromatic rings. The van der Waals surface area contributed by atoms with Crippen LogP contribution < -0.4 is 5.32 Å². The maximum atomic E-state index is 12.2. The summed E-state index contributed by atoms with van der Waals surface area (Å²) < 4.78 is 5.31. The van der Waals surface area contributed by atoms with Crippen molar-refractivity contribution in [3.05, 3.63) is 0 Å². The number of carbonyl (C=O) groups is 2. The normalized spacial score (nSPS) is 22.1. The summed E-state index contributed by atoms with van der Waals surface area (Å²) in [5, 5.41) is 3.30. The first-order valence-corrected chi connectivity index (χ1v) is 7.35. The zero-order chi connectivity index (χ0) is 14.8. The smallest absolute Gasteiger partial charge is 0.410 e. The van der Waals surface area contributed by atoms with Gasteiger partial charge in [-0.1, -0.05) is 0 Å². The van der Waals surface area contributed by atoms with Crippen LogP contribution in [0.1, 0.15) is 33.6 Å². The maximum absolute atomic E-state index is 12.2. The average molecular weight is 283 g/mol. The minimum absolute atomic E-state index is 0.0361. The van der Waals surface area contributed by atoms with E-state index in [1.165, 1.54) is 4.90 Å². The van der Waals surface area contributed by atoms with Gasteiger partial charge in [0.15, 0.2) is 0 Å². The minimum Gasteiger partial charge on any atom is -0.444 e. The van der Waals surface area contributed by atoms with Gasteiger partial charge < -0.3 is 15.0 Å². The van der Waals surface area contributed by atoms with Gasteiger partial charge in [0.05, 0.1) is 0 Å². The van der Waals surface area contributed by atoms with E-state index in [9.17, 15) is 9.59 Å². The van der Waals surface area contributed by atoms with E-state index in [1.54, 1.807) is 0 Å². The van der Waals surface area contributed by atoms with Crippen molar-refractivity contribution in [2.45, 2.75) is 45.3 Å². The molecule has 0 bridgehead atoms. The predicted octanol–water partition coefficient (Wildman–Crippen LogP) is 0.818. The summed E-state index contributed by atoms with van der Waals surface area (Å²) >= 11 is 0. The molecule has 6 heteroatoms. The van der Waals surface area contributed by atoms with Crippen molar-refractivity contribution in [3.8, 4) is 0 Å². The van der Waals surface area contributed by atoms with Crippen LogP contribution in [0.4, 0.5) is 4.79 Å². The van der Waals surface area contributed by atoms with Crippen molar-refractivity contribution >= 4 is 12.0 Å². The Morgan fingerprint density at radius 2 is 1.90 bits per heavy atom. The molecule has 2 aliphatic rings. The number of nitrogens with zero attached hydrogens (tertiary/aromatic N) is 2. The monoisotopic (exact) mass is 283 g/mol. The van der Waals surface area contributed by atoms with E-state index in [0.717, 1.165) is 25.9 Å². The molecule has 0 atom stereocenters. The van der Waals surface area contributed by atoms with Crippen LogP contribution in [0.15, 0.2) is 0 Å². The van der Waals surface area contributed by atoms with Gasteiger partial charge in [0.1, 0.15) is 12.1 Å². The Hall–Kier alpha value is -1.30. The van der Waals surface area contributed by atoms with Crippen LogP contribution in [-0.2, 0) is 9.53 Å². The Bertz CT molecular complexity index is 372. The number of hydrogen-bond donors (Lipinski definition) is 1. The van der Waals surface area contributed by atoms with Gasteiger partial charge in [-0.25, -0.2) is 4.79 Å². The van der Waals surface area contributed by atoms with Crippen LogP contribution in [0.5, 0.6) is 0 Å². The van der Waals surface area contributed by atoms with Crippen LogP contribution in [-0.4, -0.2) is 66.2 Å². The van der Waals surface area contributed by atoms with E-state index < -0.39 is 11.7 Å². The molecule has 0 unspecified atom stereocenters. The lowest BCUT2D eigenvalue weighted by Gasteiger charge is -2.40. The molecule has 6 nitrogen and oxygen atoms in total. The molecule has 1 N–H and O–H groups in total. The third-order valence-corrected chi connectivity index (χ3v) is 3.66. The molecule has 0 aromatic carbocycles. The Labute approximate surface area is 120 Å². The average Bonchev–Trinajstić information content (AvgIpc) is 2.37. The molecule has 114 valence electrons. The van der Waals surface area contributed by atoms with Crippen molar-refractivity contribution < 1.29 is 14.3 Å².